The van der Waals surface area contributed by atoms with E-state index in [1.165, 1.54) is 33.4 Å². The molecule has 0 spiro atoms. The molecule has 62 heavy (non-hydrogen) atoms. The molecule has 2 aromatic rings. The molecule has 4 nitrogen and oxygen atoms in total. The monoisotopic (exact) mass is 1380 g/mol. The van der Waals surface area contributed by atoms with Crippen molar-refractivity contribution in [1.29, 1.82) is 0 Å². The molecule has 2 N–H and O–H groups in total. The molecule has 0 aliphatic rings. The summed E-state index contributed by atoms with van der Waals surface area (Å²) in [6.45, 7) is 35.4. The summed E-state index contributed by atoms with van der Waals surface area (Å²) in [7, 11) is 9.61. The first-order chi connectivity index (χ1) is 26.5. The van der Waals surface area contributed by atoms with Gasteiger partial charge in [0.15, 0.2) is 7.00 Å². The summed E-state index contributed by atoms with van der Waals surface area (Å²) >= 11 is 9.90. The highest BCUT2D eigenvalue weighted by Gasteiger charge is 2.48. The van der Waals surface area contributed by atoms with E-state index in [-0.39, 0.29) is 87.6 Å². The van der Waals surface area contributed by atoms with E-state index < -0.39 is 12.6 Å². The molecule has 0 amide bonds. The van der Waals surface area contributed by atoms with E-state index in [4.69, 9.17) is 22.1 Å². The number of benzene rings is 2. The van der Waals surface area contributed by atoms with Crippen LogP contribution in [-0.2, 0) is 40.9 Å². The van der Waals surface area contributed by atoms with Gasteiger partial charge >= 0.3 is 7.57 Å². The van der Waals surface area contributed by atoms with E-state index in [0.717, 1.165) is 31.7 Å². The van der Waals surface area contributed by atoms with Crippen LogP contribution in [0.1, 0.15) is 173 Å². The largest absolute Gasteiger partial charge is 0.396 e. The number of rotatable bonds is 21. The molecule has 2 aromatic carbocycles. The smallest absolute Gasteiger partial charge is 0.379 e. The predicted octanol–water partition coefficient (Wildman–Crippen LogP) is 17.6. The quantitative estimate of drug-likeness (QED) is 0.0566. The lowest BCUT2D eigenvalue weighted by Crippen LogP contribution is -2.26. The zero-order chi connectivity index (χ0) is 45.1. The minimum Gasteiger partial charge on any atom is -0.396 e. The van der Waals surface area contributed by atoms with Crippen molar-refractivity contribution >= 4 is 139 Å². The Hall–Kier alpha value is 3.18. The molecule has 0 saturated carbocycles. The Bertz CT molecular complexity index is 1560. The highest BCUT2D eigenvalue weighted by atomic mass is 127. The number of hydrogen-bond donors (Lipinski definition) is 2. The van der Waals surface area contributed by atoms with Crippen LogP contribution in [0.3, 0.4) is 0 Å². The Morgan fingerprint density at radius 1 is 0.597 bits per heavy atom. The van der Waals surface area contributed by atoms with Gasteiger partial charge in [0, 0.05) is 42.9 Å². The molecule has 2 rings (SSSR count). The maximum atomic E-state index is 9.37. The van der Waals surface area contributed by atoms with Crippen molar-refractivity contribution in [2.24, 2.45) is 0 Å². The van der Waals surface area contributed by atoms with Gasteiger partial charge in [-0.3, -0.25) is 0 Å². The number of ether oxygens (including phenoxy) is 2. The highest BCUT2D eigenvalue weighted by molar-refractivity contribution is 14.2. The minimum absolute atomic E-state index is 0. The summed E-state index contributed by atoms with van der Waals surface area (Å²) in [6.07, 6.45) is 5.13. The van der Waals surface area contributed by atoms with Crippen LogP contribution in [0.4, 0.5) is 0 Å². The number of aliphatic hydroxyl groups is 2. The Morgan fingerprint density at radius 2 is 0.968 bits per heavy atom. The molecular formula is C46H88B4I4O4P4+. The predicted molar refractivity (Wildman–Crippen MR) is 333 cm³/mol. The van der Waals surface area contributed by atoms with Crippen LogP contribution < -0.4 is 0 Å². The molecule has 16 heteroatoms. The van der Waals surface area contributed by atoms with Crippen LogP contribution >= 0.6 is 115 Å². The fraction of sp³-hybridized carbons (Fsp3) is 0.739. The fourth-order valence-electron chi connectivity index (χ4n) is 6.22. The van der Waals surface area contributed by atoms with Crippen LogP contribution in [0.15, 0.2) is 36.4 Å². The molecular weight excluding hydrogens is 1290 g/mol. The molecule has 0 bridgehead atoms. The van der Waals surface area contributed by atoms with Crippen molar-refractivity contribution in [3.63, 3.8) is 0 Å². The van der Waals surface area contributed by atoms with Gasteiger partial charge in [0.1, 0.15) is 28.4 Å². The summed E-state index contributed by atoms with van der Waals surface area (Å²) in [5, 5.41) is 18.5. The van der Waals surface area contributed by atoms with Crippen LogP contribution in [0.25, 0.3) is 0 Å². The molecule has 4 atom stereocenters. The van der Waals surface area contributed by atoms with Gasteiger partial charge in [-0.1, -0.05) is 191 Å². The van der Waals surface area contributed by atoms with E-state index in [9.17, 15) is 5.11 Å². The minimum atomic E-state index is -1.84. The van der Waals surface area contributed by atoms with Crippen LogP contribution in [0, 0.1) is 0 Å². The SMILES string of the molecule is C.C.C.C.CC(C)(C)c1cc(C(C)(C)P(I)[B]CCCO)cc(C(C)(C)P([B]I)CCCO)c1.[B][P+](I)(COC)C(C)(C)c1cc(C(C)(C)C)cc(C(C)(C)P([B]I)COC)c1. The van der Waals surface area contributed by atoms with Gasteiger partial charge < -0.3 is 19.7 Å². The van der Waals surface area contributed by atoms with E-state index in [2.05, 4.69) is 239 Å². The van der Waals surface area contributed by atoms with Gasteiger partial charge in [-0.05, 0) is 77.1 Å². The van der Waals surface area contributed by atoms with Crippen LogP contribution in [0.5, 0.6) is 0 Å². The van der Waals surface area contributed by atoms with Gasteiger partial charge in [-0.25, -0.2) is 0 Å². The average molecular weight is 1380 g/mol. The van der Waals surface area contributed by atoms with Gasteiger partial charge in [-0.2, -0.15) is 44.7 Å². The summed E-state index contributed by atoms with van der Waals surface area (Å²) in [5.41, 5.74) is 8.10. The first kappa shape index (κ1) is 71.7. The molecule has 0 aliphatic heterocycles. The van der Waals surface area contributed by atoms with Crippen molar-refractivity contribution in [3.05, 3.63) is 69.8 Å². The third-order valence-electron chi connectivity index (χ3n) is 11.4. The van der Waals surface area contributed by atoms with E-state index in [1.54, 1.807) is 14.2 Å². The van der Waals surface area contributed by atoms with E-state index in [0.29, 0.717) is 6.35 Å². The maximum absolute atomic E-state index is 9.37. The number of hydrogen-bond acceptors (Lipinski definition) is 4. The van der Waals surface area contributed by atoms with Gasteiger partial charge in [0.05, 0.1) is 16.3 Å². The Kier molecular flexibility index (Phi) is 35.6. The highest BCUT2D eigenvalue weighted by Crippen LogP contribution is 2.76. The standard InChI is InChI=1S/C22H38B2I2O2P2.C20H34B2I2O2P2.4CH4/c1-20(2,3)17-14-18(21(4,5)29(24-25)13-9-12-28)16-19(15-17)22(6,7)30(26)23-10-8-11-27;1-18(2,3)15-10-16(19(4,5)27(22-23)13-25-8)12-17(11-15)20(6,7)28(21,24)14-26-9;;;;/h14-16,27-28H,8-13H2,1-7H3;10-12H,13-14H2,1-9H3;4*1H4/q;+1;;;;. The lowest BCUT2D eigenvalue weighted by Gasteiger charge is -2.39. The molecule has 0 aromatic heterocycles. The Labute approximate surface area is 446 Å². The Balaban J connectivity index is -0.000000511. The molecule has 0 aliphatic carbocycles. The summed E-state index contributed by atoms with van der Waals surface area (Å²) in [6, 6.07) is 14.5. The number of halogens is 4. The van der Waals surface area contributed by atoms with Gasteiger partial charge in [0.2, 0.25) is 9.71 Å². The normalized spacial score (nSPS) is 14.7. The summed E-state index contributed by atoms with van der Waals surface area (Å²) < 4.78 is 11.0. The molecule has 5 radical (unpaired) electrons. The number of methoxy groups -OCH3 is 2. The molecule has 355 valence electrons. The first-order valence-corrected chi connectivity index (χ1v) is 34.8. The third-order valence-corrected chi connectivity index (χ3v) is 34.5. The van der Waals surface area contributed by atoms with Crippen molar-refractivity contribution in [1.82, 2.24) is 0 Å². The van der Waals surface area contributed by atoms with Gasteiger partial charge in [0.25, 0.3) is 0 Å². The second-order valence-corrected chi connectivity index (χ2v) is 41.1. The maximum Gasteiger partial charge on any atom is 0.379 e. The third kappa shape index (κ3) is 20.1. The zero-order valence-corrected chi connectivity index (χ0v) is 50.6. The van der Waals surface area contributed by atoms with Crippen LogP contribution in [-0.4, -0.2) is 80.8 Å². The second kappa shape index (κ2) is 30.8. The van der Waals surface area contributed by atoms with Crippen molar-refractivity contribution < 1.29 is 19.7 Å². The number of aliphatic hydroxyl groups excluding tert-OH is 2. The Morgan fingerprint density at radius 3 is 1.34 bits per heavy atom. The van der Waals surface area contributed by atoms with Crippen molar-refractivity contribution in [3.8, 4) is 0 Å². The van der Waals surface area contributed by atoms with E-state index in [1.807, 2.05) is 0 Å². The molecule has 0 saturated heterocycles. The zero-order valence-electron chi connectivity index (χ0n) is 38.4. The lowest BCUT2D eigenvalue weighted by molar-refractivity contribution is 0.254. The van der Waals surface area contributed by atoms with Crippen molar-refractivity contribution in [2.45, 2.75) is 177 Å². The lowest BCUT2D eigenvalue weighted by atomic mass is 9.82. The summed E-state index contributed by atoms with van der Waals surface area (Å²) in [4.78, 5) is 2.82. The molecule has 4 unspecified atom stereocenters. The van der Waals surface area contributed by atoms with Crippen molar-refractivity contribution in [2.75, 3.05) is 46.3 Å². The fourth-order valence-corrected chi connectivity index (χ4v) is 20.8. The summed E-state index contributed by atoms with van der Waals surface area (Å²) in [5.74, 6) is 0. The van der Waals surface area contributed by atoms with Gasteiger partial charge in [-0.15, -0.1) is 7.80 Å². The average Bonchev–Trinajstić information content (AvgIpc) is 3.13. The van der Waals surface area contributed by atoms with E-state index >= 15 is 0 Å². The van der Waals surface area contributed by atoms with Crippen LogP contribution in [0.2, 0.25) is 6.32 Å². The molecule has 0 heterocycles. The second-order valence-electron chi connectivity index (χ2n) is 19.2. The topological polar surface area (TPSA) is 58.9 Å². The molecule has 0 fully saturated rings. The first-order valence-electron chi connectivity index (χ1n) is 20.0.